The van der Waals surface area contributed by atoms with Gasteiger partial charge in [0.2, 0.25) is 23.6 Å². The van der Waals surface area contributed by atoms with Crippen LogP contribution in [0.2, 0.25) is 0 Å². The van der Waals surface area contributed by atoms with Gasteiger partial charge in [0.25, 0.3) is 21.9 Å². The van der Waals surface area contributed by atoms with E-state index in [0.717, 1.165) is 55.3 Å². The highest BCUT2D eigenvalue weighted by Crippen LogP contribution is 2.34. The predicted octanol–water partition coefficient (Wildman–Crippen LogP) is 1.48. The van der Waals surface area contributed by atoms with E-state index in [1.165, 1.54) is 5.56 Å². The molecule has 6 amide bonds. The van der Waals surface area contributed by atoms with Gasteiger partial charge in [-0.2, -0.15) is 8.42 Å². The maximum absolute atomic E-state index is 12.8. The van der Waals surface area contributed by atoms with Gasteiger partial charge in [-0.05, 0) is 65.9 Å². The van der Waals surface area contributed by atoms with Gasteiger partial charge in [0.05, 0.1) is 19.5 Å². The minimum atomic E-state index is -3.67. The first-order chi connectivity index (χ1) is 28.6. The molecule has 0 radical (unpaired) electrons. The molecule has 0 aromatic heterocycles. The number of anilines is 2. The molecule has 60 heavy (non-hydrogen) atoms. The molecular formula is C42H48N6O11S. The summed E-state index contributed by atoms with van der Waals surface area (Å²) in [5.41, 5.74) is 6.44. The smallest absolute Gasteiger partial charge is 0.261 e. The molecule has 0 bridgehead atoms. The van der Waals surface area contributed by atoms with Crippen molar-refractivity contribution in [2.75, 3.05) is 55.4 Å². The van der Waals surface area contributed by atoms with E-state index in [4.69, 9.17) is 14.4 Å². The number of rotatable bonds is 9. The maximum Gasteiger partial charge on any atom is 0.261 e. The SMILES string of the molecule is CS(=O)(=O)O.O=C1CCC(N2Cc3cc(N4CC(CO)C4)ccc3C2=O)C(=O)N1.O=C1CCC(N2Cc3cc(N4CC(COCc5ccccc5)C4)ccc3C2=O)C(=O)N1. The molecule has 6 aliphatic heterocycles. The van der Waals surface area contributed by atoms with E-state index in [1.807, 2.05) is 48.5 Å². The highest BCUT2D eigenvalue weighted by atomic mass is 32.2. The number of imide groups is 2. The molecule has 6 heterocycles. The average molecular weight is 845 g/mol. The molecule has 6 aliphatic rings. The monoisotopic (exact) mass is 844 g/mol. The summed E-state index contributed by atoms with van der Waals surface area (Å²) < 4.78 is 31.7. The Bertz CT molecular complexity index is 2270. The third-order valence-electron chi connectivity index (χ3n) is 11.4. The molecule has 4 N–H and O–H groups in total. The van der Waals surface area contributed by atoms with Crippen LogP contribution in [0.15, 0.2) is 66.7 Å². The minimum absolute atomic E-state index is 0.133. The van der Waals surface area contributed by atoms with Gasteiger partial charge in [0.1, 0.15) is 12.1 Å². The highest BCUT2D eigenvalue weighted by molar-refractivity contribution is 7.85. The van der Waals surface area contributed by atoms with Crippen LogP contribution >= 0.6 is 0 Å². The van der Waals surface area contributed by atoms with E-state index in [-0.39, 0.29) is 54.9 Å². The zero-order valence-corrected chi connectivity index (χ0v) is 33.9. The van der Waals surface area contributed by atoms with Crippen LogP contribution in [-0.2, 0) is 53.7 Å². The fourth-order valence-electron chi connectivity index (χ4n) is 8.22. The van der Waals surface area contributed by atoms with E-state index in [0.29, 0.717) is 61.8 Å². The number of hydrogen-bond acceptors (Lipinski definition) is 12. The minimum Gasteiger partial charge on any atom is -0.396 e. The topological polar surface area (TPSA) is 223 Å². The lowest BCUT2D eigenvalue weighted by Crippen LogP contribution is -2.52. The van der Waals surface area contributed by atoms with Crippen LogP contribution in [0.4, 0.5) is 11.4 Å². The number of benzene rings is 3. The Hall–Kier alpha value is -5.69. The molecule has 9 rings (SSSR count). The molecule has 4 fully saturated rings. The Morgan fingerprint density at radius 3 is 1.57 bits per heavy atom. The van der Waals surface area contributed by atoms with Crippen molar-refractivity contribution in [3.8, 4) is 0 Å². The zero-order valence-electron chi connectivity index (χ0n) is 33.1. The molecule has 18 heteroatoms. The number of aliphatic hydroxyl groups excluding tert-OH is 1. The number of carbonyl (C=O) groups is 6. The standard InChI is InChI=1S/C24H25N3O4.C17H19N3O4.CH4O3S/c28-22-9-8-21(23(29)25-22)27-13-18-10-19(6-7-20(18)24(27)30)26-11-17(12-26)15-31-14-16-4-2-1-3-5-16;21-9-10-6-19(7-10)12-1-2-13-11(5-12)8-20(17(13)24)14-3-4-15(22)18-16(14)23;1-5(2,3)4/h1-7,10,17,21H,8-9,11-15H2,(H,25,28,29);1-2,5,10,14,21H,3-4,6-9H2,(H,18,22,23);1H3,(H,2,3,4). The van der Waals surface area contributed by atoms with Crippen molar-refractivity contribution in [1.82, 2.24) is 20.4 Å². The molecular weight excluding hydrogens is 797 g/mol. The molecule has 0 aliphatic carbocycles. The van der Waals surface area contributed by atoms with Gasteiger partial charge in [-0.25, -0.2) is 0 Å². The third-order valence-corrected chi connectivity index (χ3v) is 11.4. The first-order valence-corrected chi connectivity index (χ1v) is 21.7. The van der Waals surface area contributed by atoms with E-state index in [1.54, 1.807) is 9.80 Å². The van der Waals surface area contributed by atoms with Gasteiger partial charge >= 0.3 is 0 Å². The number of nitrogens with zero attached hydrogens (tertiary/aromatic N) is 4. The van der Waals surface area contributed by atoms with Gasteiger partial charge in [0.15, 0.2) is 0 Å². The van der Waals surface area contributed by atoms with Crippen molar-refractivity contribution in [2.45, 2.75) is 57.5 Å². The Labute approximate surface area is 347 Å². The van der Waals surface area contributed by atoms with Crippen LogP contribution in [0.1, 0.15) is 63.1 Å². The molecule has 2 atom stereocenters. The summed E-state index contributed by atoms with van der Waals surface area (Å²) in [5.74, 6) is -0.778. The summed E-state index contributed by atoms with van der Waals surface area (Å²) in [5, 5.41) is 13.8. The Morgan fingerprint density at radius 1 is 0.683 bits per heavy atom. The number of amides is 6. The van der Waals surface area contributed by atoms with E-state index in [9.17, 15) is 37.2 Å². The van der Waals surface area contributed by atoms with Crippen LogP contribution < -0.4 is 20.4 Å². The van der Waals surface area contributed by atoms with Crippen LogP contribution in [-0.4, -0.2) is 121 Å². The first-order valence-electron chi connectivity index (χ1n) is 19.8. The summed E-state index contributed by atoms with van der Waals surface area (Å²) in [4.78, 5) is 79.9. The molecule has 17 nitrogen and oxygen atoms in total. The molecule has 3 aromatic rings. The lowest BCUT2D eigenvalue weighted by Gasteiger charge is -2.41. The van der Waals surface area contributed by atoms with Crippen molar-refractivity contribution in [1.29, 1.82) is 0 Å². The molecule has 0 saturated carbocycles. The molecule has 4 saturated heterocycles. The third kappa shape index (κ3) is 9.84. The quantitative estimate of drug-likeness (QED) is 0.177. The second kappa shape index (κ2) is 17.9. The summed E-state index contributed by atoms with van der Waals surface area (Å²) >= 11 is 0. The van der Waals surface area contributed by atoms with Gasteiger partial charge in [0, 0.05) is 93.1 Å². The lowest BCUT2D eigenvalue weighted by atomic mass is 9.99. The molecule has 3 aromatic carbocycles. The largest absolute Gasteiger partial charge is 0.396 e. The van der Waals surface area contributed by atoms with Crippen LogP contribution in [0, 0.1) is 11.8 Å². The highest BCUT2D eigenvalue weighted by Gasteiger charge is 2.41. The van der Waals surface area contributed by atoms with E-state index >= 15 is 0 Å². The molecule has 318 valence electrons. The second-order valence-corrected chi connectivity index (χ2v) is 17.4. The average Bonchev–Trinajstić information content (AvgIpc) is 3.67. The van der Waals surface area contributed by atoms with Crippen molar-refractivity contribution >= 4 is 56.9 Å². The summed E-state index contributed by atoms with van der Waals surface area (Å²) in [6.45, 7) is 5.87. The fraction of sp³-hybridized carbons (Fsp3) is 0.429. The van der Waals surface area contributed by atoms with Crippen molar-refractivity contribution in [3.05, 3.63) is 94.5 Å². The summed E-state index contributed by atoms with van der Waals surface area (Å²) in [7, 11) is -3.67. The fourth-order valence-corrected chi connectivity index (χ4v) is 8.22. The van der Waals surface area contributed by atoms with Crippen LogP contribution in [0.5, 0.6) is 0 Å². The number of hydrogen-bond donors (Lipinski definition) is 4. The second-order valence-electron chi connectivity index (χ2n) is 15.9. The van der Waals surface area contributed by atoms with Gasteiger partial charge in [-0.15, -0.1) is 0 Å². The summed E-state index contributed by atoms with van der Waals surface area (Å²) in [6.07, 6.45) is 2.00. The number of ether oxygens (including phenoxy) is 1. The van der Waals surface area contributed by atoms with Crippen LogP contribution in [0.25, 0.3) is 0 Å². The number of fused-ring (bicyclic) bond motifs is 2. The molecule has 0 spiro atoms. The number of piperidine rings is 2. The number of aliphatic hydroxyl groups is 1. The van der Waals surface area contributed by atoms with Gasteiger partial charge in [-0.3, -0.25) is 44.0 Å². The maximum atomic E-state index is 12.8. The Kier molecular flexibility index (Phi) is 12.6. The van der Waals surface area contributed by atoms with Crippen molar-refractivity contribution < 1.29 is 51.6 Å². The van der Waals surface area contributed by atoms with E-state index < -0.39 is 22.2 Å². The van der Waals surface area contributed by atoms with Crippen molar-refractivity contribution in [2.24, 2.45) is 11.8 Å². The normalized spacial score (nSPS) is 21.5. The summed E-state index contributed by atoms with van der Waals surface area (Å²) in [6, 6.07) is 20.6. The number of carbonyl (C=O) groups excluding carboxylic acids is 6. The number of nitrogens with one attached hydrogen (secondary N) is 2. The Balaban J connectivity index is 0.000000167. The predicted molar refractivity (Wildman–Crippen MR) is 217 cm³/mol. The molecule has 2 unspecified atom stereocenters. The van der Waals surface area contributed by atoms with Crippen LogP contribution in [0.3, 0.4) is 0 Å². The van der Waals surface area contributed by atoms with Gasteiger partial charge < -0.3 is 29.4 Å². The van der Waals surface area contributed by atoms with Gasteiger partial charge in [-0.1, -0.05) is 30.3 Å². The lowest BCUT2D eigenvalue weighted by molar-refractivity contribution is -0.138. The van der Waals surface area contributed by atoms with E-state index in [2.05, 4.69) is 38.6 Å². The van der Waals surface area contributed by atoms with Crippen molar-refractivity contribution in [3.63, 3.8) is 0 Å². The zero-order chi connectivity index (χ0) is 42.7. The first kappa shape index (κ1) is 42.4. The Morgan fingerprint density at radius 2 is 1.13 bits per heavy atom.